The van der Waals surface area contributed by atoms with Gasteiger partial charge in [-0.3, -0.25) is 0 Å². The van der Waals surface area contributed by atoms with Gasteiger partial charge < -0.3 is 0 Å². The number of nitrogens with one attached hydrogen (secondary N) is 1. The molecule has 3 aromatic rings. The molecule has 0 amide bonds. The summed E-state index contributed by atoms with van der Waals surface area (Å²) in [6, 6.07) is 24.6. The zero-order valence-electron chi connectivity index (χ0n) is 23.5. The van der Waals surface area contributed by atoms with Crippen molar-refractivity contribution in [1.29, 1.82) is 0 Å². The van der Waals surface area contributed by atoms with E-state index in [2.05, 4.69) is 74.6 Å². The molecular formula is C33H42F3NSSn. The Balaban J connectivity index is 2.09. The van der Waals surface area contributed by atoms with Crippen LogP contribution in [0.3, 0.4) is 0 Å². The number of unbranched alkanes of at least 4 members (excludes halogenated alkanes) is 3. The standard InChI is InChI=1S/C21H15F3NS.3C4H9.Sn/c22-21(23,24)18-12-10-16(11-13-18)20(26)25-19-9-5-4-8-17(19)14-15-6-2-1-3-7-15;3*1-3-4-2;/h1-14H,(H,25,26);3*1,3-4H2,2H3;. The van der Waals surface area contributed by atoms with Crippen molar-refractivity contribution in [3.63, 3.8) is 0 Å². The van der Waals surface area contributed by atoms with Gasteiger partial charge in [-0.2, -0.15) is 0 Å². The maximum atomic E-state index is 13.1. The molecule has 0 spiro atoms. The number of para-hydroxylation sites is 1. The fourth-order valence-electron chi connectivity index (χ4n) is 5.77. The van der Waals surface area contributed by atoms with Crippen LogP contribution in [0.1, 0.15) is 85.5 Å². The molecule has 1 unspecified atom stereocenters. The van der Waals surface area contributed by atoms with Gasteiger partial charge in [0.1, 0.15) is 0 Å². The summed E-state index contributed by atoms with van der Waals surface area (Å²) in [7, 11) is 0. The molecule has 0 aliphatic heterocycles. The number of anilines is 1. The zero-order valence-corrected chi connectivity index (χ0v) is 27.2. The van der Waals surface area contributed by atoms with E-state index in [0.717, 1.165) is 17.8 Å². The van der Waals surface area contributed by atoms with E-state index >= 15 is 0 Å². The van der Waals surface area contributed by atoms with Crippen LogP contribution in [0.15, 0.2) is 78.9 Å². The van der Waals surface area contributed by atoms with Gasteiger partial charge in [-0.1, -0.05) is 0 Å². The van der Waals surface area contributed by atoms with Crippen LogP contribution in [0.4, 0.5) is 18.9 Å². The van der Waals surface area contributed by atoms with Gasteiger partial charge >= 0.3 is 244 Å². The van der Waals surface area contributed by atoms with Gasteiger partial charge in [0, 0.05) is 0 Å². The Hall–Kier alpha value is -1.86. The van der Waals surface area contributed by atoms with Crippen molar-refractivity contribution in [1.82, 2.24) is 0 Å². The predicted molar refractivity (Wildman–Crippen MR) is 166 cm³/mol. The summed E-state index contributed by atoms with van der Waals surface area (Å²) in [6.07, 6.45) is 3.06. The molecule has 0 heterocycles. The molecule has 0 saturated carbocycles. The Morgan fingerprint density at radius 1 is 0.744 bits per heavy atom. The van der Waals surface area contributed by atoms with E-state index in [1.54, 1.807) is 0 Å². The second-order valence-corrected chi connectivity index (χ2v) is 24.7. The molecule has 0 saturated heterocycles. The van der Waals surface area contributed by atoms with Gasteiger partial charge in [0.25, 0.3) is 0 Å². The molecule has 3 aromatic carbocycles. The number of rotatable bonds is 14. The average molecular weight is 660 g/mol. The van der Waals surface area contributed by atoms with Crippen molar-refractivity contribution < 1.29 is 13.2 Å². The van der Waals surface area contributed by atoms with Crippen LogP contribution in [-0.2, 0) is 6.18 Å². The van der Waals surface area contributed by atoms with Gasteiger partial charge in [0.05, 0.1) is 0 Å². The van der Waals surface area contributed by atoms with E-state index in [1.165, 1.54) is 75.1 Å². The molecule has 0 aromatic heterocycles. The molecule has 210 valence electrons. The van der Waals surface area contributed by atoms with Crippen molar-refractivity contribution in [2.24, 2.45) is 0 Å². The van der Waals surface area contributed by atoms with E-state index < -0.39 is 30.1 Å². The van der Waals surface area contributed by atoms with Crippen molar-refractivity contribution >= 4 is 41.3 Å². The molecule has 3 rings (SSSR count). The van der Waals surface area contributed by atoms with Crippen LogP contribution in [0.25, 0.3) is 0 Å². The SMILES string of the molecule is CCC[CH2][Sn]([CH2]CCC)([CH2]CCC)[CH](c1ccccc1)c1ccccc1NC(=S)c1ccc(C(F)(F)F)cc1. The van der Waals surface area contributed by atoms with Gasteiger partial charge in [0.2, 0.25) is 0 Å². The van der Waals surface area contributed by atoms with E-state index in [1.807, 2.05) is 6.07 Å². The Morgan fingerprint density at radius 3 is 1.77 bits per heavy atom. The number of alkyl halides is 3. The first kappa shape index (κ1) is 31.7. The van der Waals surface area contributed by atoms with Crippen LogP contribution in [0.5, 0.6) is 0 Å². The zero-order chi connectivity index (χ0) is 28.3. The van der Waals surface area contributed by atoms with Crippen molar-refractivity contribution in [3.05, 3.63) is 101 Å². The summed E-state index contributed by atoms with van der Waals surface area (Å²) in [6.45, 7) is 6.89. The van der Waals surface area contributed by atoms with E-state index in [-0.39, 0.29) is 0 Å². The Bertz CT molecular complexity index is 1140. The minimum atomic E-state index is -4.37. The Labute approximate surface area is 242 Å². The average Bonchev–Trinajstić information content (AvgIpc) is 2.94. The fraction of sp³-hybridized carbons (Fsp3) is 0.424. The van der Waals surface area contributed by atoms with Crippen molar-refractivity contribution in [2.75, 3.05) is 5.32 Å². The summed E-state index contributed by atoms with van der Waals surface area (Å²) in [4.78, 5) is 0.444. The van der Waals surface area contributed by atoms with Gasteiger partial charge in [-0.05, 0) is 0 Å². The number of benzene rings is 3. The first-order chi connectivity index (χ1) is 18.8. The third kappa shape index (κ3) is 8.56. The summed E-state index contributed by atoms with van der Waals surface area (Å²) < 4.78 is 43.8. The molecule has 0 aliphatic carbocycles. The predicted octanol–water partition coefficient (Wildman–Crippen LogP) is 11.0. The fourth-order valence-corrected chi connectivity index (χ4v) is 24.9. The number of halogens is 3. The second-order valence-electron chi connectivity index (χ2n) is 10.6. The van der Waals surface area contributed by atoms with Crippen molar-refractivity contribution in [2.45, 2.75) is 82.7 Å². The molecule has 0 fully saturated rings. The monoisotopic (exact) mass is 661 g/mol. The minimum absolute atomic E-state index is 0.379. The maximum absolute atomic E-state index is 13.1. The molecule has 0 bridgehead atoms. The molecular weight excluding hydrogens is 618 g/mol. The molecule has 1 nitrogen and oxygen atoms in total. The molecule has 6 heteroatoms. The number of thiocarbonyl (C=S) groups is 1. The third-order valence-electron chi connectivity index (χ3n) is 7.82. The van der Waals surface area contributed by atoms with Crippen LogP contribution in [-0.4, -0.2) is 23.4 Å². The molecule has 39 heavy (non-hydrogen) atoms. The van der Waals surface area contributed by atoms with E-state index in [9.17, 15) is 13.2 Å². The Morgan fingerprint density at radius 2 is 1.26 bits per heavy atom. The topological polar surface area (TPSA) is 12.0 Å². The second kappa shape index (κ2) is 15.2. The molecule has 1 N–H and O–H groups in total. The first-order valence-electron chi connectivity index (χ1n) is 14.4. The van der Waals surface area contributed by atoms with Gasteiger partial charge in [-0.15, -0.1) is 0 Å². The Kier molecular flexibility index (Phi) is 12.4. The van der Waals surface area contributed by atoms with E-state index in [4.69, 9.17) is 12.2 Å². The normalized spacial score (nSPS) is 12.8. The number of hydrogen-bond donors (Lipinski definition) is 1. The van der Waals surface area contributed by atoms with Crippen LogP contribution < -0.4 is 5.32 Å². The molecule has 0 aliphatic rings. The van der Waals surface area contributed by atoms with Gasteiger partial charge in [0.15, 0.2) is 0 Å². The summed E-state index contributed by atoms with van der Waals surface area (Å²) in [5, 5.41) is 3.46. The third-order valence-corrected chi connectivity index (χ3v) is 25.1. The summed E-state index contributed by atoms with van der Waals surface area (Å²) in [5.41, 5.74) is 3.58. The molecule has 0 radical (unpaired) electrons. The van der Waals surface area contributed by atoms with E-state index in [0.29, 0.717) is 14.5 Å². The van der Waals surface area contributed by atoms with Gasteiger partial charge in [-0.25, -0.2) is 0 Å². The summed E-state index contributed by atoms with van der Waals surface area (Å²) in [5.74, 6) is 0. The van der Waals surface area contributed by atoms with Crippen molar-refractivity contribution in [3.8, 4) is 0 Å². The van der Waals surface area contributed by atoms with Crippen LogP contribution in [0.2, 0.25) is 13.3 Å². The summed E-state index contributed by atoms with van der Waals surface area (Å²) >= 11 is 2.86. The van der Waals surface area contributed by atoms with Crippen LogP contribution >= 0.6 is 12.2 Å². The quantitative estimate of drug-likeness (QED) is 0.136. The number of hydrogen-bond acceptors (Lipinski definition) is 1. The van der Waals surface area contributed by atoms with Crippen LogP contribution in [0, 0.1) is 0 Å². The first-order valence-corrected chi connectivity index (χ1v) is 22.5. The molecule has 1 atom stereocenters.